The number of hydrogen-bond donors (Lipinski definition) is 2. The van der Waals surface area contributed by atoms with Crippen LogP contribution in [0.5, 0.6) is 5.75 Å². The lowest BCUT2D eigenvalue weighted by atomic mass is 10.1. The summed E-state index contributed by atoms with van der Waals surface area (Å²) in [4.78, 5) is 24.8. The topological polar surface area (TPSA) is 80.6 Å². The van der Waals surface area contributed by atoms with Gasteiger partial charge < -0.3 is 19.8 Å². The largest absolute Gasteiger partial charge is 0.489 e. The molecule has 3 aromatic rings. The molecule has 0 unspecified atom stereocenters. The van der Waals surface area contributed by atoms with Crippen molar-refractivity contribution in [2.24, 2.45) is 0 Å². The van der Waals surface area contributed by atoms with E-state index in [1.807, 2.05) is 30.3 Å². The lowest BCUT2D eigenvalue weighted by Gasteiger charge is -2.09. The van der Waals surface area contributed by atoms with E-state index < -0.39 is 5.91 Å². The standard InChI is InChI=1S/C22H20N2O4/c25-21(23-17-9-10-17)15-5-4-6-18(13-15)24-22(26)20-16(11-12-27-20)14-28-19-7-2-1-3-8-19/h1-8,11-13,17H,9-10,14H2,(H,23,25)(H,24,26). The molecule has 6 nitrogen and oxygen atoms in total. The number of rotatable bonds is 7. The van der Waals surface area contributed by atoms with Gasteiger partial charge in [-0.2, -0.15) is 0 Å². The van der Waals surface area contributed by atoms with E-state index in [0.717, 1.165) is 12.8 Å². The predicted molar refractivity (Wildman–Crippen MR) is 104 cm³/mol. The smallest absolute Gasteiger partial charge is 0.291 e. The molecule has 0 spiro atoms. The lowest BCUT2D eigenvalue weighted by Crippen LogP contribution is -2.25. The van der Waals surface area contributed by atoms with Crippen molar-refractivity contribution in [3.8, 4) is 5.75 Å². The summed E-state index contributed by atoms with van der Waals surface area (Å²) in [6, 6.07) is 18.2. The molecule has 1 fully saturated rings. The van der Waals surface area contributed by atoms with E-state index in [1.54, 1.807) is 30.3 Å². The third kappa shape index (κ3) is 4.40. The third-order valence-electron chi connectivity index (χ3n) is 4.39. The molecule has 0 radical (unpaired) electrons. The molecule has 1 aliphatic carbocycles. The number of benzene rings is 2. The van der Waals surface area contributed by atoms with Crippen LogP contribution in [0.1, 0.15) is 39.3 Å². The van der Waals surface area contributed by atoms with Gasteiger partial charge in [0, 0.05) is 22.9 Å². The highest BCUT2D eigenvalue weighted by molar-refractivity contribution is 6.04. The van der Waals surface area contributed by atoms with E-state index in [-0.39, 0.29) is 24.3 Å². The molecule has 0 bridgehead atoms. The molecule has 1 aliphatic rings. The van der Waals surface area contributed by atoms with Crippen molar-refractivity contribution < 1.29 is 18.7 Å². The number of anilines is 1. The van der Waals surface area contributed by atoms with E-state index in [2.05, 4.69) is 10.6 Å². The maximum atomic E-state index is 12.6. The zero-order valence-electron chi connectivity index (χ0n) is 15.2. The highest BCUT2D eigenvalue weighted by Crippen LogP contribution is 2.21. The molecule has 2 amide bonds. The Morgan fingerprint density at radius 3 is 2.61 bits per heavy atom. The zero-order valence-corrected chi connectivity index (χ0v) is 15.2. The normalized spacial score (nSPS) is 13.0. The first-order chi connectivity index (χ1) is 13.7. The fraction of sp³-hybridized carbons (Fsp3) is 0.182. The number of carbonyl (C=O) groups is 2. The van der Waals surface area contributed by atoms with Gasteiger partial charge in [0.1, 0.15) is 12.4 Å². The Labute approximate surface area is 162 Å². The molecule has 0 atom stereocenters. The van der Waals surface area contributed by atoms with Crippen molar-refractivity contribution in [1.29, 1.82) is 0 Å². The number of nitrogens with one attached hydrogen (secondary N) is 2. The van der Waals surface area contributed by atoms with Crippen LogP contribution >= 0.6 is 0 Å². The number of hydrogen-bond acceptors (Lipinski definition) is 4. The van der Waals surface area contributed by atoms with Gasteiger partial charge in [-0.25, -0.2) is 0 Å². The zero-order chi connectivity index (χ0) is 19.3. The van der Waals surface area contributed by atoms with Crippen molar-refractivity contribution in [3.05, 3.63) is 83.8 Å². The Bertz CT molecular complexity index is 977. The molecular weight excluding hydrogens is 356 g/mol. The van der Waals surface area contributed by atoms with Crippen LogP contribution in [0.25, 0.3) is 0 Å². The molecule has 2 aromatic carbocycles. The summed E-state index contributed by atoms with van der Waals surface area (Å²) < 4.78 is 11.0. The first-order valence-corrected chi connectivity index (χ1v) is 9.15. The summed E-state index contributed by atoms with van der Waals surface area (Å²) in [7, 11) is 0. The van der Waals surface area contributed by atoms with Crippen LogP contribution in [-0.2, 0) is 6.61 Å². The fourth-order valence-corrected chi connectivity index (χ4v) is 2.75. The van der Waals surface area contributed by atoms with Crippen molar-refractivity contribution in [3.63, 3.8) is 0 Å². The van der Waals surface area contributed by atoms with Crippen LogP contribution in [0.3, 0.4) is 0 Å². The average Bonchev–Trinajstić information content (AvgIpc) is 3.40. The summed E-state index contributed by atoms with van der Waals surface area (Å²) in [5.41, 5.74) is 1.68. The Morgan fingerprint density at radius 2 is 1.82 bits per heavy atom. The molecule has 1 saturated carbocycles. The molecule has 6 heteroatoms. The van der Waals surface area contributed by atoms with Crippen molar-refractivity contribution in [2.75, 3.05) is 5.32 Å². The van der Waals surface area contributed by atoms with Crippen LogP contribution in [0, 0.1) is 0 Å². The highest BCUT2D eigenvalue weighted by Gasteiger charge is 2.24. The number of ether oxygens (including phenoxy) is 1. The number of para-hydroxylation sites is 1. The molecule has 0 aliphatic heterocycles. The van der Waals surface area contributed by atoms with E-state index in [4.69, 9.17) is 9.15 Å². The van der Waals surface area contributed by atoms with Gasteiger partial charge in [-0.1, -0.05) is 24.3 Å². The SMILES string of the molecule is O=C(NC1CC1)c1cccc(NC(=O)c2occc2COc2ccccc2)c1. The number of furan rings is 1. The Morgan fingerprint density at radius 1 is 1.00 bits per heavy atom. The second-order valence-electron chi connectivity index (χ2n) is 6.66. The summed E-state index contributed by atoms with van der Waals surface area (Å²) in [6.07, 6.45) is 3.50. The Balaban J connectivity index is 1.41. The fourth-order valence-electron chi connectivity index (χ4n) is 2.75. The van der Waals surface area contributed by atoms with E-state index in [1.165, 1.54) is 6.26 Å². The van der Waals surface area contributed by atoms with Gasteiger partial charge in [-0.3, -0.25) is 9.59 Å². The highest BCUT2D eigenvalue weighted by atomic mass is 16.5. The predicted octanol–water partition coefficient (Wildman–Crippen LogP) is 4.00. The molecule has 2 N–H and O–H groups in total. The van der Waals surface area contributed by atoms with Crippen LogP contribution in [-0.4, -0.2) is 17.9 Å². The molecule has 28 heavy (non-hydrogen) atoms. The van der Waals surface area contributed by atoms with E-state index in [0.29, 0.717) is 22.6 Å². The summed E-state index contributed by atoms with van der Waals surface area (Å²) >= 11 is 0. The van der Waals surface area contributed by atoms with E-state index in [9.17, 15) is 9.59 Å². The first kappa shape index (κ1) is 17.9. The van der Waals surface area contributed by atoms with Gasteiger partial charge in [0.25, 0.3) is 11.8 Å². The van der Waals surface area contributed by atoms with Crippen molar-refractivity contribution in [1.82, 2.24) is 5.32 Å². The second-order valence-corrected chi connectivity index (χ2v) is 6.66. The molecule has 1 heterocycles. The molecule has 1 aromatic heterocycles. The summed E-state index contributed by atoms with van der Waals surface area (Å²) in [5, 5.41) is 5.71. The van der Waals surface area contributed by atoms with Crippen LogP contribution in [0.2, 0.25) is 0 Å². The lowest BCUT2D eigenvalue weighted by molar-refractivity contribution is 0.0949. The maximum absolute atomic E-state index is 12.6. The monoisotopic (exact) mass is 376 g/mol. The number of amides is 2. The molecular formula is C22H20N2O4. The van der Waals surface area contributed by atoms with Gasteiger partial charge >= 0.3 is 0 Å². The minimum atomic E-state index is -0.392. The Hall–Kier alpha value is -3.54. The Kier molecular flexibility index (Phi) is 5.10. The summed E-state index contributed by atoms with van der Waals surface area (Å²) in [5.74, 6) is 0.373. The van der Waals surface area contributed by atoms with Crippen LogP contribution in [0.15, 0.2) is 71.3 Å². The van der Waals surface area contributed by atoms with Crippen LogP contribution < -0.4 is 15.4 Å². The van der Waals surface area contributed by atoms with Crippen molar-refractivity contribution >= 4 is 17.5 Å². The van der Waals surface area contributed by atoms with Gasteiger partial charge in [0.15, 0.2) is 5.76 Å². The van der Waals surface area contributed by atoms with Crippen molar-refractivity contribution in [2.45, 2.75) is 25.5 Å². The van der Waals surface area contributed by atoms with Gasteiger partial charge in [-0.15, -0.1) is 0 Å². The van der Waals surface area contributed by atoms with Crippen LogP contribution in [0.4, 0.5) is 5.69 Å². The third-order valence-corrected chi connectivity index (χ3v) is 4.39. The molecule has 142 valence electrons. The quantitative estimate of drug-likeness (QED) is 0.653. The average molecular weight is 376 g/mol. The summed E-state index contributed by atoms with van der Waals surface area (Å²) in [6.45, 7) is 0.215. The van der Waals surface area contributed by atoms with Gasteiger partial charge in [-0.05, 0) is 49.2 Å². The molecule has 0 saturated heterocycles. The van der Waals surface area contributed by atoms with Gasteiger partial charge in [0.2, 0.25) is 0 Å². The van der Waals surface area contributed by atoms with Gasteiger partial charge in [0.05, 0.1) is 6.26 Å². The maximum Gasteiger partial charge on any atom is 0.291 e. The second kappa shape index (κ2) is 8.00. The number of carbonyl (C=O) groups excluding carboxylic acids is 2. The van der Waals surface area contributed by atoms with E-state index >= 15 is 0 Å². The first-order valence-electron chi connectivity index (χ1n) is 9.15. The minimum Gasteiger partial charge on any atom is -0.489 e. The molecule has 4 rings (SSSR count). The minimum absolute atomic E-state index is 0.131.